The highest BCUT2D eigenvalue weighted by molar-refractivity contribution is 5.81. The molecule has 0 aliphatic carbocycles. The first kappa shape index (κ1) is 12.0. The zero-order valence-corrected chi connectivity index (χ0v) is 9.12. The second kappa shape index (κ2) is 5.11. The molecule has 86 valence electrons. The third-order valence-corrected chi connectivity index (χ3v) is 2.68. The fraction of sp³-hybridized carbons (Fsp3) is 0.800. The van der Waals surface area contributed by atoms with Crippen LogP contribution in [-0.2, 0) is 9.59 Å². The van der Waals surface area contributed by atoms with Crippen molar-refractivity contribution in [2.75, 3.05) is 13.1 Å². The normalized spacial score (nSPS) is 18.3. The van der Waals surface area contributed by atoms with Crippen LogP contribution in [0.15, 0.2) is 0 Å². The lowest BCUT2D eigenvalue weighted by molar-refractivity contribution is -0.138. The molecule has 5 nitrogen and oxygen atoms in total. The Hall–Kier alpha value is -1.10. The molecule has 1 atom stereocenters. The molecule has 1 aliphatic rings. The standard InChI is InChI=1S/C10H18N2O3/c1-6(2)8(3-9(13)14)12-10(15)7-4-11-5-7/h6-8,11H,3-5H2,1-2H3,(H,12,15)(H,13,14). The van der Waals surface area contributed by atoms with Crippen molar-refractivity contribution in [3.63, 3.8) is 0 Å². The Balaban J connectivity index is 2.42. The van der Waals surface area contributed by atoms with Crippen molar-refractivity contribution in [1.82, 2.24) is 10.6 Å². The van der Waals surface area contributed by atoms with Gasteiger partial charge in [-0.3, -0.25) is 9.59 Å². The summed E-state index contributed by atoms with van der Waals surface area (Å²) >= 11 is 0. The van der Waals surface area contributed by atoms with Crippen molar-refractivity contribution in [3.05, 3.63) is 0 Å². The summed E-state index contributed by atoms with van der Waals surface area (Å²) in [6.45, 7) is 5.22. The van der Waals surface area contributed by atoms with E-state index in [1.807, 2.05) is 13.8 Å². The molecule has 15 heavy (non-hydrogen) atoms. The molecule has 1 rings (SSSR count). The Bertz CT molecular complexity index is 249. The van der Waals surface area contributed by atoms with Crippen LogP contribution in [0.2, 0.25) is 0 Å². The molecule has 1 amide bonds. The fourth-order valence-corrected chi connectivity index (χ4v) is 1.42. The Morgan fingerprint density at radius 2 is 2.07 bits per heavy atom. The van der Waals surface area contributed by atoms with Crippen LogP contribution < -0.4 is 10.6 Å². The molecule has 5 heteroatoms. The lowest BCUT2D eigenvalue weighted by atomic mass is 9.97. The average molecular weight is 214 g/mol. The summed E-state index contributed by atoms with van der Waals surface area (Å²) in [5, 5.41) is 14.5. The molecule has 0 spiro atoms. The van der Waals surface area contributed by atoms with E-state index in [1.165, 1.54) is 0 Å². The number of nitrogens with one attached hydrogen (secondary N) is 2. The van der Waals surface area contributed by atoms with Crippen LogP contribution >= 0.6 is 0 Å². The van der Waals surface area contributed by atoms with Gasteiger partial charge in [0.2, 0.25) is 5.91 Å². The van der Waals surface area contributed by atoms with Gasteiger partial charge >= 0.3 is 5.97 Å². The fourth-order valence-electron chi connectivity index (χ4n) is 1.42. The Kier molecular flexibility index (Phi) is 4.08. The number of amides is 1. The van der Waals surface area contributed by atoms with E-state index in [0.717, 1.165) is 0 Å². The van der Waals surface area contributed by atoms with Crippen molar-refractivity contribution in [2.45, 2.75) is 26.3 Å². The first-order valence-electron chi connectivity index (χ1n) is 5.23. The van der Waals surface area contributed by atoms with Crippen LogP contribution in [0.1, 0.15) is 20.3 Å². The summed E-state index contributed by atoms with van der Waals surface area (Å²) in [4.78, 5) is 22.2. The number of rotatable bonds is 5. The van der Waals surface area contributed by atoms with E-state index in [1.54, 1.807) is 0 Å². The van der Waals surface area contributed by atoms with E-state index in [9.17, 15) is 9.59 Å². The molecular formula is C10H18N2O3. The molecule has 0 radical (unpaired) electrons. The van der Waals surface area contributed by atoms with Gasteiger partial charge in [0, 0.05) is 19.1 Å². The summed E-state index contributed by atoms with van der Waals surface area (Å²) in [6.07, 6.45) is -0.0104. The topological polar surface area (TPSA) is 78.4 Å². The minimum absolute atomic E-state index is 0.0104. The second-order valence-electron chi connectivity index (χ2n) is 4.31. The first-order valence-corrected chi connectivity index (χ1v) is 5.23. The predicted octanol–water partition coefficient (Wildman–Crippen LogP) is -0.179. The van der Waals surface area contributed by atoms with Crippen molar-refractivity contribution in [2.24, 2.45) is 11.8 Å². The number of aliphatic carboxylic acids is 1. The quantitative estimate of drug-likeness (QED) is 0.593. The van der Waals surface area contributed by atoms with Gasteiger partial charge in [0.1, 0.15) is 0 Å². The molecule has 0 aromatic carbocycles. The van der Waals surface area contributed by atoms with E-state index in [0.29, 0.717) is 13.1 Å². The van der Waals surface area contributed by atoms with E-state index < -0.39 is 5.97 Å². The van der Waals surface area contributed by atoms with Crippen LogP contribution in [0.5, 0.6) is 0 Å². The molecule has 1 unspecified atom stereocenters. The molecule has 1 aliphatic heterocycles. The number of carbonyl (C=O) groups excluding carboxylic acids is 1. The molecular weight excluding hydrogens is 196 g/mol. The van der Waals surface area contributed by atoms with Crippen LogP contribution in [0.4, 0.5) is 0 Å². The Labute approximate surface area is 89.2 Å². The molecule has 1 fully saturated rings. The molecule has 0 aromatic heterocycles. The van der Waals surface area contributed by atoms with Gasteiger partial charge < -0.3 is 15.7 Å². The van der Waals surface area contributed by atoms with E-state index in [-0.39, 0.29) is 30.2 Å². The van der Waals surface area contributed by atoms with Crippen LogP contribution in [0.25, 0.3) is 0 Å². The molecule has 1 saturated heterocycles. The molecule has 0 bridgehead atoms. The minimum atomic E-state index is -0.874. The van der Waals surface area contributed by atoms with Gasteiger partial charge in [0.25, 0.3) is 0 Å². The SMILES string of the molecule is CC(C)C(CC(=O)O)NC(=O)C1CNC1. The average Bonchev–Trinajstić information content (AvgIpc) is 1.98. The van der Waals surface area contributed by atoms with Crippen LogP contribution in [0.3, 0.4) is 0 Å². The number of hydrogen-bond acceptors (Lipinski definition) is 3. The summed E-state index contributed by atoms with van der Waals surface area (Å²) in [7, 11) is 0. The Morgan fingerprint density at radius 1 is 1.47 bits per heavy atom. The lowest BCUT2D eigenvalue weighted by Crippen LogP contribution is -2.53. The highest BCUT2D eigenvalue weighted by Crippen LogP contribution is 2.09. The van der Waals surface area contributed by atoms with Crippen LogP contribution in [-0.4, -0.2) is 36.1 Å². The number of carbonyl (C=O) groups is 2. The molecule has 1 heterocycles. The van der Waals surface area contributed by atoms with E-state index in [2.05, 4.69) is 10.6 Å². The van der Waals surface area contributed by atoms with E-state index >= 15 is 0 Å². The summed E-state index contributed by atoms with van der Waals surface area (Å²) in [5.41, 5.74) is 0. The predicted molar refractivity (Wildman–Crippen MR) is 55.4 cm³/mol. The zero-order chi connectivity index (χ0) is 11.4. The third kappa shape index (κ3) is 3.51. The largest absolute Gasteiger partial charge is 0.481 e. The summed E-state index contributed by atoms with van der Waals surface area (Å²) < 4.78 is 0. The van der Waals surface area contributed by atoms with Crippen molar-refractivity contribution in [1.29, 1.82) is 0 Å². The minimum Gasteiger partial charge on any atom is -0.481 e. The van der Waals surface area contributed by atoms with Gasteiger partial charge in [0.15, 0.2) is 0 Å². The monoisotopic (exact) mass is 214 g/mol. The van der Waals surface area contributed by atoms with Gasteiger partial charge in [-0.15, -0.1) is 0 Å². The molecule has 3 N–H and O–H groups in total. The second-order valence-corrected chi connectivity index (χ2v) is 4.31. The zero-order valence-electron chi connectivity index (χ0n) is 9.12. The van der Waals surface area contributed by atoms with Gasteiger partial charge in [0.05, 0.1) is 12.3 Å². The summed E-state index contributed by atoms with van der Waals surface area (Å²) in [5.74, 6) is -0.757. The maximum absolute atomic E-state index is 11.6. The first-order chi connectivity index (χ1) is 7.00. The van der Waals surface area contributed by atoms with Gasteiger partial charge in [-0.2, -0.15) is 0 Å². The highest BCUT2D eigenvalue weighted by atomic mass is 16.4. The molecule has 0 saturated carbocycles. The third-order valence-electron chi connectivity index (χ3n) is 2.68. The highest BCUT2D eigenvalue weighted by Gasteiger charge is 2.28. The number of hydrogen-bond donors (Lipinski definition) is 3. The maximum Gasteiger partial charge on any atom is 0.305 e. The maximum atomic E-state index is 11.6. The number of carboxylic acid groups (broad SMARTS) is 1. The Morgan fingerprint density at radius 3 is 2.40 bits per heavy atom. The molecule has 0 aromatic rings. The van der Waals surface area contributed by atoms with E-state index in [4.69, 9.17) is 5.11 Å². The van der Waals surface area contributed by atoms with Crippen LogP contribution in [0, 0.1) is 11.8 Å². The van der Waals surface area contributed by atoms with Crippen molar-refractivity contribution < 1.29 is 14.7 Å². The summed E-state index contributed by atoms with van der Waals surface area (Å²) in [6, 6.07) is -0.268. The van der Waals surface area contributed by atoms with Gasteiger partial charge in [-0.25, -0.2) is 0 Å². The van der Waals surface area contributed by atoms with Crippen molar-refractivity contribution in [3.8, 4) is 0 Å². The lowest BCUT2D eigenvalue weighted by Gasteiger charge is -2.29. The van der Waals surface area contributed by atoms with Gasteiger partial charge in [-0.05, 0) is 5.92 Å². The number of carboxylic acids is 1. The van der Waals surface area contributed by atoms with Gasteiger partial charge in [-0.1, -0.05) is 13.8 Å². The van der Waals surface area contributed by atoms with Crippen molar-refractivity contribution >= 4 is 11.9 Å². The smallest absolute Gasteiger partial charge is 0.305 e.